The van der Waals surface area contributed by atoms with Gasteiger partial charge in [0.15, 0.2) is 57.5 Å². The van der Waals surface area contributed by atoms with E-state index in [2.05, 4.69) is 35.0 Å². The molecule has 0 fully saturated rings. The van der Waals surface area contributed by atoms with E-state index < -0.39 is 135 Å². The number of carbonyl (C=O) groups excluding carboxylic acids is 5. The maximum atomic E-state index is 15.2. The second-order valence-corrected chi connectivity index (χ2v) is 35.6. The first kappa shape index (κ1) is 109. The fourth-order valence-electron chi connectivity index (χ4n) is 13.8. The number of rotatable bonds is 16. The number of aromatic nitrogens is 4. The number of aromatic amines is 1. The number of nitrogens with one attached hydrogen (secondary N) is 3. The van der Waals surface area contributed by atoms with Gasteiger partial charge in [-0.3, -0.25) is 45.3 Å². The summed E-state index contributed by atoms with van der Waals surface area (Å²) in [6.45, 7) is 48.5. The predicted molar refractivity (Wildman–Crippen MR) is 542 cm³/mol. The second kappa shape index (κ2) is 45.8. The number of halogens is 6. The first-order valence-corrected chi connectivity index (χ1v) is 43.5. The number of hydrogen-bond acceptors (Lipinski definition) is 23. The zero-order chi connectivity index (χ0) is 109. The first-order valence-electron chi connectivity index (χ1n) is 43.5. The lowest BCUT2D eigenvalue weighted by molar-refractivity contribution is -0.384. The number of nitrogens with zero attached hydrogens (tertiary/aromatic N) is 13. The molecule has 0 aliphatic heterocycles. The summed E-state index contributed by atoms with van der Waals surface area (Å²) in [4.78, 5) is 122. The standard InChI is InChI=1S/C31H26FN5O3.C25H25FN4O6.C16H20F2N2O6.C15H9FN4O2.C9H6N2.C7H7FN2O2/c1-34-22-8-10-27-21(14-22)12-13-37(27)28-17-26(25(33)16-24(28)32)36-31(38)20-6-4-19(5-7-20)18-35-23-9-11-29(39-2)30(15-23)40-3;1-24(2,3)35-22(31)29(23(32)36-25(4,5)6)20-14-19(17(26)13-21(20)30(33)34)28-11-10-15-12-16(27-7)8-9-18(15)28;1-15(2,3)25-13(21)19(14(22)26-16(4,5)6)11-7-9(17)10(18)8-12(11)20(23)24;1-18-10-2-3-13-9(6-10)4-5-19(13)14-8-12(17)15(20(21)22)7-11(14)16;1-10-8-2-3-9-7(6-8)4-5-11-9;1-4-2-6(9)7(10(11)12)3-5(4)8/h4-17,35H,18,33H2,2-3H3,(H,36,38);8-14H,1-6H3;7-8H,1-6H3;2-8H,17H2;2-6,11H;2-3H,9H2,1H3. The van der Waals surface area contributed by atoms with Crippen LogP contribution in [0, 0.1) is 109 Å². The third-order valence-electron chi connectivity index (χ3n) is 20.4. The largest absolute Gasteiger partial charge is 0.493 e. The van der Waals surface area contributed by atoms with Gasteiger partial charge in [-0.2, -0.15) is 9.80 Å². The van der Waals surface area contributed by atoms with Crippen LogP contribution < -0.4 is 47.1 Å². The topological polar surface area (TPSA) is 470 Å². The van der Waals surface area contributed by atoms with E-state index in [9.17, 15) is 86.4 Å². The first-order chi connectivity index (χ1) is 69.0. The summed E-state index contributed by atoms with van der Waals surface area (Å²) in [5, 5.41) is 53.5. The molecule has 0 spiro atoms. The average molecular weight is 2010 g/mol. The second-order valence-electron chi connectivity index (χ2n) is 35.6. The number of nitro benzene ring substituents is 4. The Kier molecular flexibility index (Phi) is 34.1. The summed E-state index contributed by atoms with van der Waals surface area (Å²) in [6, 6.07) is 49.5. The Morgan fingerprint density at radius 3 is 1.18 bits per heavy atom. The number of nitrogen functional groups attached to an aromatic ring is 3. The molecule has 38 nitrogen and oxygen atoms in total. The number of ether oxygens (including phenoxy) is 6. The van der Waals surface area contributed by atoms with Gasteiger partial charge >= 0.3 is 24.4 Å². The van der Waals surface area contributed by atoms with Crippen LogP contribution in [0.2, 0.25) is 0 Å². The van der Waals surface area contributed by atoms with Gasteiger partial charge in [-0.15, -0.1) is 0 Å². The van der Waals surface area contributed by atoms with Gasteiger partial charge in [0, 0.05) is 66.3 Å². The molecule has 147 heavy (non-hydrogen) atoms. The van der Waals surface area contributed by atoms with Gasteiger partial charge in [-0.1, -0.05) is 36.4 Å². The summed E-state index contributed by atoms with van der Waals surface area (Å²) in [5.74, 6) is -4.95. The van der Waals surface area contributed by atoms with Crippen LogP contribution in [-0.4, -0.2) is 105 Å². The van der Waals surface area contributed by atoms with Crippen LogP contribution >= 0.6 is 0 Å². The normalized spacial score (nSPS) is 10.9. The van der Waals surface area contributed by atoms with Gasteiger partial charge in [0.2, 0.25) is 0 Å². The van der Waals surface area contributed by atoms with Crippen molar-refractivity contribution in [3.63, 3.8) is 0 Å². The number of methoxy groups -OCH3 is 2. The number of fused-ring (bicyclic) bond motifs is 4. The molecule has 15 rings (SSSR count). The summed E-state index contributed by atoms with van der Waals surface area (Å²) in [5.41, 5.74) is 16.8. The number of aryl methyl sites for hydroxylation is 1. The van der Waals surface area contributed by atoms with Crippen molar-refractivity contribution in [2.75, 3.05) is 51.9 Å². The molecule has 5 amide bonds. The number of imide groups is 2. The SMILES string of the molecule is CC(C)(C)OC(=O)N(C(=O)OC(C)(C)C)c1cc(F)c(F)cc1[N+](=O)[O-].Cc1cc(N)c([N+](=O)[O-])cc1F.[C-]#[N+]c1ccc2[nH]ccc2c1.[C-]#[N+]c1ccc2c(ccn2-c2cc(N(C(=O)OC(C)(C)C)C(=O)OC(C)(C)C)c([N+](=O)[O-])cc2F)c1.[C-]#[N+]c1ccc2c(ccn2-c2cc(N)c([N+](=O)[O-])cc2F)c1.[C-]#[N+]c1ccc2c(ccn2-c2cc(NC(=O)c3ccc(CNc4ccc(OC)c(OC)c4)cc3)c(N)cc2F)c1. The molecule has 0 saturated heterocycles. The number of nitro groups is 4. The van der Waals surface area contributed by atoms with Gasteiger partial charge in [0.1, 0.15) is 56.8 Å². The lowest BCUT2D eigenvalue weighted by atomic mass is 10.1. The number of amides is 5. The molecule has 9 N–H and O–H groups in total. The van der Waals surface area contributed by atoms with Crippen molar-refractivity contribution < 1.29 is 98.4 Å². The molecule has 0 aliphatic carbocycles. The fourth-order valence-corrected chi connectivity index (χ4v) is 13.8. The number of hydrogen-bond donors (Lipinski definition) is 6. The van der Waals surface area contributed by atoms with Crippen LogP contribution in [0.5, 0.6) is 11.5 Å². The zero-order valence-corrected chi connectivity index (χ0v) is 81.1. The van der Waals surface area contributed by atoms with Crippen molar-refractivity contribution in [2.45, 2.75) is 119 Å². The molecule has 0 unspecified atom stereocenters. The summed E-state index contributed by atoms with van der Waals surface area (Å²) < 4.78 is 120. The molecule has 0 saturated carbocycles. The minimum atomic E-state index is -1.51. The van der Waals surface area contributed by atoms with E-state index in [0.29, 0.717) is 91.1 Å². The van der Waals surface area contributed by atoms with Gasteiger partial charge in [-0.05, 0) is 244 Å². The number of nitrogens with two attached hydrogens (primary N) is 3. The maximum absolute atomic E-state index is 15.2. The molecule has 0 bridgehead atoms. The summed E-state index contributed by atoms with van der Waals surface area (Å²) in [6.07, 6.45) is 1.61. The Balaban J connectivity index is 0.000000190. The van der Waals surface area contributed by atoms with Crippen LogP contribution in [0.25, 0.3) is 80.1 Å². The van der Waals surface area contributed by atoms with E-state index in [-0.39, 0.29) is 51.0 Å². The molecule has 756 valence electrons. The summed E-state index contributed by atoms with van der Waals surface area (Å²) in [7, 11) is 3.17. The van der Waals surface area contributed by atoms with Crippen molar-refractivity contribution in [3.05, 3.63) is 363 Å². The molecule has 4 aromatic heterocycles. The fraction of sp³-hybridized carbons (Fsp3) is 0.194. The number of carbonyl (C=O) groups is 5. The Morgan fingerprint density at radius 1 is 0.401 bits per heavy atom. The van der Waals surface area contributed by atoms with Crippen LogP contribution in [-0.2, 0) is 25.5 Å². The Morgan fingerprint density at radius 2 is 0.769 bits per heavy atom. The minimum absolute atomic E-state index is 0.0149. The van der Waals surface area contributed by atoms with Gasteiger partial charge < -0.3 is 74.9 Å². The molecule has 0 aliphatic rings. The van der Waals surface area contributed by atoms with Crippen LogP contribution in [0.15, 0.2) is 225 Å². The van der Waals surface area contributed by atoms with Crippen molar-refractivity contribution in [1.29, 1.82) is 0 Å². The highest BCUT2D eigenvalue weighted by atomic mass is 19.2. The van der Waals surface area contributed by atoms with Crippen LogP contribution in [0.1, 0.15) is 105 Å². The molecule has 0 radical (unpaired) electrons. The quantitative estimate of drug-likeness (QED) is 0.0131. The van der Waals surface area contributed by atoms with Crippen molar-refractivity contribution in [1.82, 2.24) is 18.7 Å². The highest BCUT2D eigenvalue weighted by molar-refractivity contribution is 6.13. The number of anilines is 7. The molecule has 44 heteroatoms. The Labute approximate surface area is 834 Å². The molecule has 11 aromatic carbocycles. The van der Waals surface area contributed by atoms with E-state index in [4.69, 9.17) is 71.9 Å². The smallest absolute Gasteiger partial charge is 0.424 e. The Bertz CT molecular complexity index is 7790. The lowest BCUT2D eigenvalue weighted by Crippen LogP contribution is -2.44. The van der Waals surface area contributed by atoms with E-state index in [1.54, 1.807) is 162 Å². The summed E-state index contributed by atoms with van der Waals surface area (Å²) >= 11 is 0. The average Bonchev–Trinajstić information content (AvgIpc) is 1.40. The monoisotopic (exact) mass is 2010 g/mol. The molecule has 4 heterocycles. The maximum Gasteiger partial charge on any atom is 0.424 e. The van der Waals surface area contributed by atoms with Crippen molar-refractivity contribution in [2.24, 2.45) is 0 Å². The van der Waals surface area contributed by atoms with E-state index in [0.717, 1.165) is 56.6 Å². The minimum Gasteiger partial charge on any atom is -0.493 e. The molecular weight excluding hydrogens is 1920 g/mol. The third kappa shape index (κ3) is 27.8. The number of H-pyrrole nitrogens is 1. The number of benzene rings is 11. The van der Waals surface area contributed by atoms with Crippen LogP contribution in [0.3, 0.4) is 0 Å². The van der Waals surface area contributed by atoms with Gasteiger partial charge in [0.05, 0.1) is 129 Å². The third-order valence-corrected chi connectivity index (χ3v) is 20.4. The van der Waals surface area contributed by atoms with Crippen molar-refractivity contribution >= 4 is 159 Å². The highest BCUT2D eigenvalue weighted by Gasteiger charge is 2.41. The van der Waals surface area contributed by atoms with E-state index >= 15 is 4.39 Å². The van der Waals surface area contributed by atoms with E-state index in [1.165, 1.54) is 83.5 Å². The lowest BCUT2D eigenvalue weighted by Gasteiger charge is -2.28. The van der Waals surface area contributed by atoms with Crippen molar-refractivity contribution in [3.8, 4) is 28.6 Å². The molecule has 0 atom stereocenters. The Hall–Kier alpha value is -19.5. The predicted octanol–water partition coefficient (Wildman–Crippen LogP) is 26.4. The van der Waals surface area contributed by atoms with Gasteiger partial charge in [-0.25, -0.2) is 64.9 Å². The van der Waals surface area contributed by atoms with E-state index in [1.807, 2.05) is 60.8 Å². The highest BCUT2D eigenvalue weighted by Crippen LogP contribution is 2.41. The molecular formula is C103H93F6N19O19. The van der Waals surface area contributed by atoms with Crippen LogP contribution in [0.4, 0.5) is 131 Å². The molecule has 15 aromatic rings. The zero-order valence-electron chi connectivity index (χ0n) is 81.1. The van der Waals surface area contributed by atoms with Gasteiger partial charge in [0.25, 0.3) is 28.7 Å².